The zero-order valence-corrected chi connectivity index (χ0v) is 15.9. The van der Waals surface area contributed by atoms with Crippen molar-refractivity contribution in [2.75, 3.05) is 0 Å². The normalized spacial score (nSPS) is 19.3. The first-order chi connectivity index (χ1) is 13.2. The third-order valence-electron chi connectivity index (χ3n) is 5.29. The Labute approximate surface area is 162 Å². The molecule has 4 nitrogen and oxygen atoms in total. The minimum Gasteiger partial charge on any atom is -0.460 e. The molecule has 0 aliphatic heterocycles. The van der Waals surface area contributed by atoms with Crippen LogP contribution in [0.1, 0.15) is 64.2 Å². The first-order valence-corrected chi connectivity index (χ1v) is 10.2. The van der Waals surface area contributed by atoms with Gasteiger partial charge in [0.05, 0.1) is 0 Å². The highest BCUT2D eigenvalue weighted by Gasteiger charge is 2.23. The first kappa shape index (κ1) is 19.7. The number of esters is 2. The van der Waals surface area contributed by atoms with Crippen molar-refractivity contribution < 1.29 is 19.1 Å². The van der Waals surface area contributed by atoms with Crippen molar-refractivity contribution in [3.05, 3.63) is 41.9 Å². The van der Waals surface area contributed by atoms with E-state index >= 15 is 0 Å². The largest absolute Gasteiger partial charge is 0.460 e. The van der Waals surface area contributed by atoms with Gasteiger partial charge in [0.15, 0.2) is 0 Å². The van der Waals surface area contributed by atoms with E-state index in [9.17, 15) is 9.59 Å². The predicted octanol–water partition coefficient (Wildman–Crippen LogP) is 3.65. The van der Waals surface area contributed by atoms with Crippen molar-refractivity contribution in [3.8, 4) is 0 Å². The molecular weight excluding hydrogens is 339 g/mol. The molecule has 0 unspecified atom stereocenters. The third kappa shape index (κ3) is 6.57. The Morgan fingerprint density at radius 1 is 0.815 bits per heavy atom. The molecule has 2 saturated carbocycles. The topological polar surface area (TPSA) is 52.6 Å². The van der Waals surface area contributed by atoms with Crippen LogP contribution in [0.3, 0.4) is 0 Å². The van der Waals surface area contributed by atoms with Crippen LogP contribution in [0, 0.1) is 0 Å². The van der Waals surface area contributed by atoms with Crippen molar-refractivity contribution >= 4 is 24.7 Å². The first-order valence-electron chi connectivity index (χ1n) is 10.2. The third-order valence-corrected chi connectivity index (χ3v) is 5.29. The monoisotopic (exact) mass is 367 g/mol. The second-order valence-electron chi connectivity index (χ2n) is 7.52. The minimum atomic E-state index is -0.454. The SMILES string of the molecule is O=C(/C=C(/[B]c1ccccc1)C(=O)OC1CCCCC1)OC1CCCCC1. The molecular formula is C22H28BO4. The Morgan fingerprint density at radius 2 is 1.37 bits per heavy atom. The van der Waals surface area contributed by atoms with Crippen LogP contribution in [0.5, 0.6) is 0 Å². The number of ether oxygens (including phenoxy) is 2. The quantitative estimate of drug-likeness (QED) is 0.438. The Balaban J connectivity index is 1.67. The van der Waals surface area contributed by atoms with Crippen molar-refractivity contribution in [2.24, 2.45) is 0 Å². The standard InChI is InChI=1S/C22H28BO4/c24-21(26-18-12-6-2-7-13-18)16-20(23-17-10-4-1-5-11-17)22(25)27-19-14-8-3-9-15-19/h1,4-5,10-11,16,18-19H,2-3,6-9,12-15H2/b20-16+. The van der Waals surface area contributed by atoms with Gasteiger partial charge in [-0.15, -0.1) is 0 Å². The van der Waals surface area contributed by atoms with E-state index in [2.05, 4.69) is 0 Å². The summed E-state index contributed by atoms with van der Waals surface area (Å²) in [7, 11) is 1.70. The molecule has 1 radical (unpaired) electrons. The zero-order chi connectivity index (χ0) is 18.9. The average Bonchev–Trinajstić information content (AvgIpc) is 2.70. The molecule has 0 atom stereocenters. The van der Waals surface area contributed by atoms with E-state index in [0.717, 1.165) is 56.8 Å². The van der Waals surface area contributed by atoms with E-state index in [4.69, 9.17) is 9.47 Å². The number of rotatable bonds is 6. The molecule has 0 aromatic heterocycles. The van der Waals surface area contributed by atoms with Crippen LogP contribution in [0.25, 0.3) is 0 Å². The molecule has 0 spiro atoms. The Hall–Kier alpha value is -2.04. The van der Waals surface area contributed by atoms with E-state index in [-0.39, 0.29) is 17.7 Å². The second kappa shape index (κ2) is 10.3. The lowest BCUT2D eigenvalue weighted by Gasteiger charge is -2.23. The number of carbonyl (C=O) groups excluding carboxylic acids is 2. The van der Waals surface area contributed by atoms with Gasteiger partial charge in [0.2, 0.25) is 7.28 Å². The van der Waals surface area contributed by atoms with Crippen LogP contribution in [0.4, 0.5) is 0 Å². The number of hydrogen-bond donors (Lipinski definition) is 0. The fraction of sp³-hybridized carbons (Fsp3) is 0.545. The molecule has 2 aliphatic carbocycles. The lowest BCUT2D eigenvalue weighted by atomic mass is 9.63. The van der Waals surface area contributed by atoms with Gasteiger partial charge in [-0.2, -0.15) is 0 Å². The molecule has 1 aromatic rings. The van der Waals surface area contributed by atoms with Gasteiger partial charge in [0, 0.05) is 11.5 Å². The van der Waals surface area contributed by atoms with Crippen LogP contribution in [-0.4, -0.2) is 31.4 Å². The summed E-state index contributed by atoms with van der Waals surface area (Å²) in [5, 5.41) is 0. The van der Waals surface area contributed by atoms with Crippen LogP contribution in [0.15, 0.2) is 41.9 Å². The molecule has 0 heterocycles. The van der Waals surface area contributed by atoms with E-state index in [1.807, 2.05) is 30.3 Å². The fourth-order valence-electron chi connectivity index (χ4n) is 3.80. The maximum atomic E-state index is 12.7. The highest BCUT2D eigenvalue weighted by Crippen LogP contribution is 2.22. The smallest absolute Gasteiger partial charge is 0.330 e. The van der Waals surface area contributed by atoms with Crippen LogP contribution in [0.2, 0.25) is 0 Å². The highest BCUT2D eigenvalue weighted by molar-refractivity contribution is 6.66. The molecule has 27 heavy (non-hydrogen) atoms. The van der Waals surface area contributed by atoms with Gasteiger partial charge in [-0.25, -0.2) is 9.59 Å². The van der Waals surface area contributed by atoms with Gasteiger partial charge in [0.1, 0.15) is 12.2 Å². The van der Waals surface area contributed by atoms with Crippen molar-refractivity contribution in [3.63, 3.8) is 0 Å². The van der Waals surface area contributed by atoms with Crippen molar-refractivity contribution in [1.82, 2.24) is 0 Å². The Kier molecular flexibility index (Phi) is 7.55. The summed E-state index contributed by atoms with van der Waals surface area (Å²) in [5.74, 6) is -0.893. The Bertz CT molecular complexity index is 644. The summed E-state index contributed by atoms with van der Waals surface area (Å²) >= 11 is 0. The zero-order valence-electron chi connectivity index (χ0n) is 15.9. The summed E-state index contributed by atoms with van der Waals surface area (Å²) in [6, 6.07) is 9.51. The van der Waals surface area contributed by atoms with Gasteiger partial charge >= 0.3 is 11.9 Å². The van der Waals surface area contributed by atoms with E-state index in [0.29, 0.717) is 0 Å². The molecule has 5 heteroatoms. The summed E-state index contributed by atoms with van der Waals surface area (Å²) in [4.78, 5) is 25.1. The molecule has 2 aliphatic rings. The van der Waals surface area contributed by atoms with Crippen molar-refractivity contribution in [2.45, 2.75) is 76.4 Å². The number of hydrogen-bond acceptors (Lipinski definition) is 4. The van der Waals surface area contributed by atoms with Crippen LogP contribution in [-0.2, 0) is 19.1 Å². The second-order valence-corrected chi connectivity index (χ2v) is 7.52. The van der Waals surface area contributed by atoms with E-state index in [1.165, 1.54) is 18.9 Å². The van der Waals surface area contributed by atoms with Gasteiger partial charge < -0.3 is 9.47 Å². The average molecular weight is 367 g/mol. The van der Waals surface area contributed by atoms with Gasteiger partial charge in [-0.3, -0.25) is 0 Å². The lowest BCUT2D eigenvalue weighted by Crippen LogP contribution is -2.28. The van der Waals surface area contributed by atoms with Gasteiger partial charge in [0.25, 0.3) is 0 Å². The molecule has 3 rings (SSSR count). The Morgan fingerprint density at radius 3 is 1.96 bits per heavy atom. The van der Waals surface area contributed by atoms with E-state index < -0.39 is 11.9 Å². The maximum absolute atomic E-state index is 12.7. The summed E-state index contributed by atoms with van der Waals surface area (Å²) in [6.07, 6.45) is 11.6. The summed E-state index contributed by atoms with van der Waals surface area (Å²) in [6.45, 7) is 0. The molecule has 0 N–H and O–H groups in total. The lowest BCUT2D eigenvalue weighted by molar-refractivity contribution is -0.147. The predicted molar refractivity (Wildman–Crippen MR) is 106 cm³/mol. The van der Waals surface area contributed by atoms with E-state index in [1.54, 1.807) is 7.28 Å². The van der Waals surface area contributed by atoms with Crippen LogP contribution >= 0.6 is 0 Å². The number of carbonyl (C=O) groups is 2. The van der Waals surface area contributed by atoms with Gasteiger partial charge in [-0.1, -0.05) is 48.6 Å². The highest BCUT2D eigenvalue weighted by atomic mass is 16.5. The molecule has 1 aromatic carbocycles. The molecule has 143 valence electrons. The fourth-order valence-corrected chi connectivity index (χ4v) is 3.80. The van der Waals surface area contributed by atoms with Crippen molar-refractivity contribution in [1.29, 1.82) is 0 Å². The molecule has 2 fully saturated rings. The maximum Gasteiger partial charge on any atom is 0.330 e. The van der Waals surface area contributed by atoms with Gasteiger partial charge in [-0.05, 0) is 51.4 Å². The van der Waals surface area contributed by atoms with Crippen LogP contribution < -0.4 is 5.46 Å². The minimum absolute atomic E-state index is 0.0326. The summed E-state index contributed by atoms with van der Waals surface area (Å²) in [5.41, 5.74) is 1.11. The number of benzene rings is 1. The summed E-state index contributed by atoms with van der Waals surface area (Å²) < 4.78 is 11.2. The molecule has 0 amide bonds. The molecule has 0 bridgehead atoms. The molecule has 0 saturated heterocycles.